The molecule has 0 aromatic heterocycles. The molecular formula is C18H19ClN2. The minimum atomic E-state index is 0.160. The molecule has 0 aliphatic carbocycles. The summed E-state index contributed by atoms with van der Waals surface area (Å²) in [7, 11) is 0. The Bertz CT molecular complexity index is 661. The zero-order chi connectivity index (χ0) is 15.5. The lowest BCUT2D eigenvalue weighted by Gasteiger charge is -2.19. The average Bonchev–Trinajstić information content (AvgIpc) is 2.45. The summed E-state index contributed by atoms with van der Waals surface area (Å²) in [4.78, 5) is 0. The minimum Gasteiger partial charge on any atom is -0.380 e. The molecule has 0 radical (unpaired) electrons. The molecule has 0 atom stereocenters. The molecule has 21 heavy (non-hydrogen) atoms. The maximum Gasteiger partial charge on any atom is 0.101 e. The molecular weight excluding hydrogens is 280 g/mol. The number of benzene rings is 2. The molecule has 0 heterocycles. The van der Waals surface area contributed by atoms with Crippen LogP contribution in [0.1, 0.15) is 37.5 Å². The van der Waals surface area contributed by atoms with Gasteiger partial charge in [0.15, 0.2) is 0 Å². The summed E-state index contributed by atoms with van der Waals surface area (Å²) in [5.74, 6) is 0. The lowest BCUT2D eigenvalue weighted by Crippen LogP contribution is -2.11. The molecule has 2 aromatic carbocycles. The molecule has 0 saturated carbocycles. The van der Waals surface area contributed by atoms with Crippen molar-refractivity contribution in [1.82, 2.24) is 0 Å². The van der Waals surface area contributed by atoms with Crippen LogP contribution in [0.3, 0.4) is 0 Å². The summed E-state index contributed by atoms with van der Waals surface area (Å²) >= 11 is 5.98. The fourth-order valence-corrected chi connectivity index (χ4v) is 2.25. The van der Waals surface area contributed by atoms with Gasteiger partial charge in [0.05, 0.1) is 11.3 Å². The van der Waals surface area contributed by atoms with Gasteiger partial charge in [-0.05, 0) is 34.7 Å². The van der Waals surface area contributed by atoms with Crippen LogP contribution in [0.5, 0.6) is 0 Å². The van der Waals surface area contributed by atoms with E-state index >= 15 is 0 Å². The first kappa shape index (κ1) is 15.4. The predicted molar refractivity (Wildman–Crippen MR) is 88.6 cm³/mol. The van der Waals surface area contributed by atoms with Crippen LogP contribution in [0.2, 0.25) is 5.02 Å². The second-order valence-corrected chi connectivity index (χ2v) is 6.54. The lowest BCUT2D eigenvalue weighted by atomic mass is 9.87. The van der Waals surface area contributed by atoms with Crippen LogP contribution in [0.15, 0.2) is 42.5 Å². The van der Waals surface area contributed by atoms with Crippen LogP contribution in [0.4, 0.5) is 5.69 Å². The zero-order valence-corrected chi connectivity index (χ0v) is 13.3. The van der Waals surface area contributed by atoms with E-state index in [4.69, 9.17) is 16.9 Å². The van der Waals surface area contributed by atoms with E-state index in [0.29, 0.717) is 17.1 Å². The molecule has 0 amide bonds. The van der Waals surface area contributed by atoms with Crippen molar-refractivity contribution < 1.29 is 0 Å². The molecule has 1 N–H and O–H groups in total. The van der Waals surface area contributed by atoms with E-state index in [1.54, 1.807) is 18.2 Å². The van der Waals surface area contributed by atoms with E-state index < -0.39 is 0 Å². The maximum absolute atomic E-state index is 9.10. The van der Waals surface area contributed by atoms with Gasteiger partial charge >= 0.3 is 0 Å². The molecule has 2 rings (SSSR count). The summed E-state index contributed by atoms with van der Waals surface area (Å²) in [5.41, 5.74) is 4.02. The number of nitrogens with zero attached hydrogens (tertiary/aromatic N) is 1. The fourth-order valence-electron chi connectivity index (χ4n) is 2.08. The molecule has 0 unspecified atom stereocenters. The van der Waals surface area contributed by atoms with Crippen LogP contribution in [-0.4, -0.2) is 0 Å². The zero-order valence-electron chi connectivity index (χ0n) is 12.6. The Hall–Kier alpha value is -1.98. The highest BCUT2D eigenvalue weighted by Gasteiger charge is 2.12. The number of nitriles is 1. The molecule has 0 aliphatic rings. The molecule has 0 saturated heterocycles. The van der Waals surface area contributed by atoms with Gasteiger partial charge in [-0.1, -0.05) is 56.6 Å². The van der Waals surface area contributed by atoms with Crippen molar-refractivity contribution in [2.75, 3.05) is 5.32 Å². The van der Waals surface area contributed by atoms with Gasteiger partial charge in [-0.15, -0.1) is 0 Å². The van der Waals surface area contributed by atoms with Crippen molar-refractivity contribution in [3.63, 3.8) is 0 Å². The van der Waals surface area contributed by atoms with E-state index in [1.165, 1.54) is 11.1 Å². The first-order valence-corrected chi connectivity index (χ1v) is 7.31. The standard InChI is InChI=1S/C18H19ClN2/c1-18(2,3)15-7-4-13(5-8-15)12-21-17-10-16(19)9-6-14(17)11-20/h4-10,21H,12H2,1-3H3. The third kappa shape index (κ3) is 4.00. The van der Waals surface area contributed by atoms with Gasteiger partial charge < -0.3 is 5.32 Å². The monoisotopic (exact) mass is 298 g/mol. The van der Waals surface area contributed by atoms with Crippen LogP contribution in [0, 0.1) is 11.3 Å². The highest BCUT2D eigenvalue weighted by atomic mass is 35.5. The summed E-state index contributed by atoms with van der Waals surface area (Å²) in [6.07, 6.45) is 0. The van der Waals surface area contributed by atoms with E-state index in [-0.39, 0.29) is 5.41 Å². The van der Waals surface area contributed by atoms with Crippen molar-refractivity contribution >= 4 is 17.3 Å². The smallest absolute Gasteiger partial charge is 0.101 e. The Morgan fingerprint density at radius 1 is 1.10 bits per heavy atom. The van der Waals surface area contributed by atoms with Crippen molar-refractivity contribution in [3.05, 3.63) is 64.2 Å². The van der Waals surface area contributed by atoms with E-state index in [0.717, 1.165) is 5.69 Å². The normalized spacial score (nSPS) is 11.0. The Balaban J connectivity index is 2.10. The van der Waals surface area contributed by atoms with Crippen LogP contribution in [0.25, 0.3) is 0 Å². The maximum atomic E-state index is 9.10. The third-order valence-electron chi connectivity index (χ3n) is 3.40. The van der Waals surface area contributed by atoms with Gasteiger partial charge in [-0.25, -0.2) is 0 Å². The largest absolute Gasteiger partial charge is 0.380 e. The van der Waals surface area contributed by atoms with Gasteiger partial charge in [0.25, 0.3) is 0 Å². The van der Waals surface area contributed by atoms with Gasteiger partial charge in [0, 0.05) is 11.6 Å². The molecule has 0 bridgehead atoms. The number of anilines is 1. The van der Waals surface area contributed by atoms with Gasteiger partial charge in [0.2, 0.25) is 0 Å². The SMILES string of the molecule is CC(C)(C)c1ccc(CNc2cc(Cl)ccc2C#N)cc1. The summed E-state index contributed by atoms with van der Waals surface area (Å²) < 4.78 is 0. The average molecular weight is 299 g/mol. The first-order valence-electron chi connectivity index (χ1n) is 6.93. The van der Waals surface area contributed by atoms with E-state index in [1.807, 2.05) is 0 Å². The topological polar surface area (TPSA) is 35.8 Å². The number of rotatable bonds is 3. The second-order valence-electron chi connectivity index (χ2n) is 6.10. The van der Waals surface area contributed by atoms with Gasteiger partial charge in [-0.3, -0.25) is 0 Å². The molecule has 0 aliphatic heterocycles. The highest BCUT2D eigenvalue weighted by Crippen LogP contribution is 2.23. The Labute approximate surface area is 131 Å². The predicted octanol–water partition coefficient (Wildman–Crippen LogP) is 5.12. The van der Waals surface area contributed by atoms with Gasteiger partial charge in [-0.2, -0.15) is 5.26 Å². The van der Waals surface area contributed by atoms with Gasteiger partial charge in [0.1, 0.15) is 6.07 Å². The first-order chi connectivity index (χ1) is 9.90. The van der Waals surface area contributed by atoms with Crippen molar-refractivity contribution in [1.29, 1.82) is 5.26 Å². The number of hydrogen-bond donors (Lipinski definition) is 1. The molecule has 3 heteroatoms. The highest BCUT2D eigenvalue weighted by molar-refractivity contribution is 6.30. The third-order valence-corrected chi connectivity index (χ3v) is 3.64. The number of halogens is 1. The van der Waals surface area contributed by atoms with Crippen LogP contribution in [-0.2, 0) is 12.0 Å². The lowest BCUT2D eigenvalue weighted by molar-refractivity contribution is 0.590. The number of nitrogens with one attached hydrogen (secondary N) is 1. The van der Waals surface area contributed by atoms with Crippen molar-refractivity contribution in [2.45, 2.75) is 32.7 Å². The Morgan fingerprint density at radius 2 is 1.76 bits per heavy atom. The number of hydrogen-bond acceptors (Lipinski definition) is 2. The summed E-state index contributed by atoms with van der Waals surface area (Å²) in [5, 5.41) is 13.0. The molecule has 0 spiro atoms. The Morgan fingerprint density at radius 3 is 2.33 bits per heavy atom. The molecule has 108 valence electrons. The van der Waals surface area contributed by atoms with Crippen LogP contribution < -0.4 is 5.32 Å². The molecule has 2 aromatic rings. The van der Waals surface area contributed by atoms with Crippen molar-refractivity contribution in [2.24, 2.45) is 0 Å². The Kier molecular flexibility index (Phi) is 4.55. The van der Waals surface area contributed by atoms with E-state index in [2.05, 4.69) is 56.4 Å². The fraction of sp³-hybridized carbons (Fsp3) is 0.278. The van der Waals surface area contributed by atoms with E-state index in [9.17, 15) is 0 Å². The summed E-state index contributed by atoms with van der Waals surface area (Å²) in [6.45, 7) is 7.27. The molecule has 2 nitrogen and oxygen atoms in total. The minimum absolute atomic E-state index is 0.160. The second kappa shape index (κ2) is 6.20. The van der Waals surface area contributed by atoms with Crippen LogP contribution >= 0.6 is 11.6 Å². The molecule has 0 fully saturated rings. The summed E-state index contributed by atoms with van der Waals surface area (Å²) in [6, 6.07) is 15.9. The van der Waals surface area contributed by atoms with Crippen molar-refractivity contribution in [3.8, 4) is 6.07 Å². The quantitative estimate of drug-likeness (QED) is 0.853.